The maximum atomic E-state index is 15.2. The fourth-order valence-corrected chi connectivity index (χ4v) is 24.7. The summed E-state index contributed by atoms with van der Waals surface area (Å²) in [6.45, 7) is 5.88. The van der Waals surface area contributed by atoms with Crippen LogP contribution in [0.5, 0.6) is 0 Å². The van der Waals surface area contributed by atoms with Crippen molar-refractivity contribution in [2.45, 2.75) is 93.1 Å². The standard InChI is InChI=1S/C15H21F17O4Si4/c1-37(2)33-38(3,4)35-40(7,36-39(5,6)34-37)15(31,32)13(26,27)11(22,23)9(18,19)8(16,17)10(20,21)12(24,25)14(28,29)30/h1-7H3. The molecule has 1 fully saturated rings. The minimum Gasteiger partial charge on any atom is -0.416 e. The molecule has 1 aliphatic heterocycles. The van der Waals surface area contributed by atoms with Crippen LogP contribution in [0.2, 0.25) is 45.8 Å². The van der Waals surface area contributed by atoms with Crippen LogP contribution in [0.25, 0.3) is 0 Å². The first-order valence-corrected chi connectivity index (χ1v) is 21.1. The fraction of sp³-hybridized carbons (Fsp3) is 1.00. The smallest absolute Gasteiger partial charge is 0.416 e. The Morgan fingerprint density at radius 1 is 0.325 bits per heavy atom. The van der Waals surface area contributed by atoms with E-state index in [4.69, 9.17) is 16.5 Å². The van der Waals surface area contributed by atoms with Crippen molar-refractivity contribution in [3.05, 3.63) is 0 Å². The lowest BCUT2D eigenvalue weighted by Gasteiger charge is -2.51. The number of rotatable bonds is 7. The summed E-state index contributed by atoms with van der Waals surface area (Å²) in [6.07, 6.45) is -7.82. The van der Waals surface area contributed by atoms with Crippen LogP contribution in [-0.2, 0) is 16.5 Å². The molecule has 0 spiro atoms. The number of halogens is 17. The van der Waals surface area contributed by atoms with Crippen LogP contribution < -0.4 is 0 Å². The predicted molar refractivity (Wildman–Crippen MR) is 109 cm³/mol. The van der Waals surface area contributed by atoms with E-state index in [0.717, 1.165) is 26.2 Å². The second kappa shape index (κ2) is 9.51. The molecule has 0 radical (unpaired) electrons. The third-order valence-electron chi connectivity index (χ3n) is 5.16. The largest absolute Gasteiger partial charge is 0.460 e. The van der Waals surface area contributed by atoms with Gasteiger partial charge in [0.05, 0.1) is 0 Å². The molecule has 0 aromatic rings. The average molecular weight is 701 g/mol. The summed E-state index contributed by atoms with van der Waals surface area (Å²) in [4.78, 5) is 0. The van der Waals surface area contributed by atoms with Crippen molar-refractivity contribution in [1.82, 2.24) is 0 Å². The van der Waals surface area contributed by atoms with Crippen LogP contribution in [0, 0.1) is 0 Å². The molecule has 1 aliphatic rings. The zero-order valence-electron chi connectivity index (χ0n) is 21.1. The molecule has 0 atom stereocenters. The van der Waals surface area contributed by atoms with E-state index < -0.39 is 81.5 Å². The number of hydrogen-bond acceptors (Lipinski definition) is 4. The normalized spacial score (nSPS) is 23.4. The Morgan fingerprint density at radius 2 is 0.550 bits per heavy atom. The Hall–Kier alpha value is -0.482. The summed E-state index contributed by atoms with van der Waals surface area (Å²) in [5.41, 5.74) is -6.81. The van der Waals surface area contributed by atoms with Crippen molar-refractivity contribution < 1.29 is 91.1 Å². The highest BCUT2D eigenvalue weighted by atomic mass is 28.5. The highest BCUT2D eigenvalue weighted by molar-refractivity contribution is 6.93. The Morgan fingerprint density at radius 3 is 0.825 bits per heavy atom. The van der Waals surface area contributed by atoms with E-state index in [-0.39, 0.29) is 6.55 Å². The van der Waals surface area contributed by atoms with E-state index in [1.807, 2.05) is 0 Å². The maximum absolute atomic E-state index is 15.2. The first-order chi connectivity index (χ1) is 16.8. The first kappa shape index (κ1) is 37.5. The van der Waals surface area contributed by atoms with E-state index in [9.17, 15) is 65.9 Å². The zero-order chi connectivity index (χ0) is 32.8. The lowest BCUT2D eigenvalue weighted by molar-refractivity contribution is -0.459. The van der Waals surface area contributed by atoms with Gasteiger partial charge >= 0.3 is 81.5 Å². The van der Waals surface area contributed by atoms with Gasteiger partial charge in [0, 0.05) is 0 Å². The molecule has 0 aromatic carbocycles. The zero-order valence-corrected chi connectivity index (χ0v) is 25.1. The fourth-order valence-electron chi connectivity index (χ4n) is 3.78. The van der Waals surface area contributed by atoms with Gasteiger partial charge in [0.25, 0.3) is 0 Å². The summed E-state index contributed by atoms with van der Waals surface area (Å²) >= 11 is 0. The lowest BCUT2D eigenvalue weighted by atomic mass is 9.91. The van der Waals surface area contributed by atoms with Crippen LogP contribution in [0.15, 0.2) is 0 Å². The summed E-state index contributed by atoms with van der Waals surface area (Å²) in [5, 5.41) is 0. The van der Waals surface area contributed by atoms with Crippen molar-refractivity contribution in [3.63, 3.8) is 0 Å². The molecule has 0 N–H and O–H groups in total. The van der Waals surface area contributed by atoms with Gasteiger partial charge in [-0.05, 0) is 45.8 Å². The Bertz CT molecular complexity index is 945. The monoisotopic (exact) mass is 700 g/mol. The van der Waals surface area contributed by atoms with Crippen LogP contribution in [0.1, 0.15) is 0 Å². The van der Waals surface area contributed by atoms with E-state index in [1.54, 1.807) is 0 Å². The third-order valence-corrected chi connectivity index (χ3v) is 21.5. The topological polar surface area (TPSA) is 36.9 Å². The molecule has 0 saturated carbocycles. The first-order valence-electron chi connectivity index (χ1n) is 10.3. The molecule has 0 amide bonds. The minimum atomic E-state index is -8.71. The molecule has 0 bridgehead atoms. The SMILES string of the molecule is C[Si]1(C)O[Si](C)(C)O[Si](C)(C(F)(F)C(F)(F)C(F)(F)C(F)(F)C(F)(F)C(F)(F)C(F)(F)C(F)(F)F)O[Si](C)(C)O1. The summed E-state index contributed by atoms with van der Waals surface area (Å²) in [6, 6.07) is 0. The summed E-state index contributed by atoms with van der Waals surface area (Å²) in [5.74, 6) is -50.6. The molecule has 1 rings (SSSR count). The molecule has 1 saturated heterocycles. The molecule has 1 heterocycles. The molecule has 25 heteroatoms. The third kappa shape index (κ3) is 5.48. The lowest BCUT2D eigenvalue weighted by Crippen LogP contribution is -2.80. The molecule has 40 heavy (non-hydrogen) atoms. The van der Waals surface area contributed by atoms with E-state index in [1.165, 1.54) is 13.1 Å². The second-order valence-corrected chi connectivity index (χ2v) is 24.3. The van der Waals surface area contributed by atoms with Gasteiger partial charge in [-0.1, -0.05) is 0 Å². The Balaban J connectivity index is 3.86. The summed E-state index contributed by atoms with van der Waals surface area (Å²) in [7, 11) is -18.5. The van der Waals surface area contributed by atoms with Crippen molar-refractivity contribution in [2.75, 3.05) is 0 Å². The van der Waals surface area contributed by atoms with Gasteiger partial charge in [-0.25, -0.2) is 0 Å². The van der Waals surface area contributed by atoms with Crippen molar-refractivity contribution in [2.24, 2.45) is 0 Å². The Labute approximate surface area is 219 Å². The number of alkyl halides is 17. The van der Waals surface area contributed by atoms with Gasteiger partial charge in [-0.2, -0.15) is 74.6 Å². The van der Waals surface area contributed by atoms with Crippen LogP contribution >= 0.6 is 0 Å². The van der Waals surface area contributed by atoms with Gasteiger partial charge in [-0.3, -0.25) is 0 Å². The minimum absolute atomic E-state index is 0.115. The maximum Gasteiger partial charge on any atom is 0.460 e. The van der Waals surface area contributed by atoms with E-state index in [2.05, 4.69) is 0 Å². The van der Waals surface area contributed by atoms with Crippen molar-refractivity contribution in [1.29, 1.82) is 0 Å². The van der Waals surface area contributed by atoms with Crippen LogP contribution in [-0.4, -0.2) is 81.5 Å². The average Bonchev–Trinajstić information content (AvgIpc) is 2.61. The van der Waals surface area contributed by atoms with Crippen molar-refractivity contribution >= 4 is 34.2 Å². The Kier molecular flexibility index (Phi) is 8.92. The molecule has 0 aromatic heterocycles. The van der Waals surface area contributed by atoms with Gasteiger partial charge < -0.3 is 16.5 Å². The molecular formula is C15H21F17O4Si4. The van der Waals surface area contributed by atoms with Crippen LogP contribution in [0.4, 0.5) is 74.6 Å². The molecule has 4 nitrogen and oxygen atoms in total. The quantitative estimate of drug-likeness (QED) is 0.201. The van der Waals surface area contributed by atoms with Gasteiger partial charge in [-0.15, -0.1) is 0 Å². The molecule has 0 unspecified atom stereocenters. The van der Waals surface area contributed by atoms with E-state index in [0.29, 0.717) is 0 Å². The van der Waals surface area contributed by atoms with Gasteiger partial charge in [0.2, 0.25) is 0 Å². The highest BCUT2D eigenvalue weighted by Crippen LogP contribution is 2.65. The van der Waals surface area contributed by atoms with Gasteiger partial charge in [0.15, 0.2) is 0 Å². The highest BCUT2D eigenvalue weighted by Gasteiger charge is 2.96. The molecule has 0 aliphatic carbocycles. The number of hydrogen-bond donors (Lipinski definition) is 0. The predicted octanol–water partition coefficient (Wildman–Crippen LogP) is 7.79. The molecular weight excluding hydrogens is 679 g/mol. The second-order valence-electron chi connectivity index (χ2n) is 10.1. The molecule has 240 valence electrons. The summed E-state index contributed by atoms with van der Waals surface area (Å²) < 4.78 is 255. The van der Waals surface area contributed by atoms with Gasteiger partial charge in [0.1, 0.15) is 0 Å². The van der Waals surface area contributed by atoms with E-state index >= 15 is 8.78 Å². The van der Waals surface area contributed by atoms with Crippen LogP contribution in [0.3, 0.4) is 0 Å². The van der Waals surface area contributed by atoms with Crippen molar-refractivity contribution in [3.8, 4) is 0 Å².